The van der Waals surface area contributed by atoms with Gasteiger partial charge in [-0.2, -0.15) is 0 Å². The second-order valence-corrected chi connectivity index (χ2v) is 6.66. The number of benzene rings is 1. The average molecular weight is 277 g/mol. The van der Waals surface area contributed by atoms with Crippen molar-refractivity contribution in [2.45, 2.75) is 59.1 Å². The van der Waals surface area contributed by atoms with Gasteiger partial charge in [0.15, 0.2) is 0 Å². The highest BCUT2D eigenvalue weighted by Crippen LogP contribution is 2.13. The van der Waals surface area contributed by atoms with Gasteiger partial charge in [-0.05, 0) is 45.1 Å². The number of carbonyl (C=O) groups is 1. The third-order valence-corrected chi connectivity index (χ3v) is 2.80. The predicted molar refractivity (Wildman–Crippen MR) is 82.8 cm³/mol. The molecule has 0 spiro atoms. The monoisotopic (exact) mass is 277 g/mol. The molecule has 3 nitrogen and oxygen atoms in total. The van der Waals surface area contributed by atoms with Gasteiger partial charge in [0.25, 0.3) is 0 Å². The first-order valence-corrected chi connectivity index (χ1v) is 7.29. The van der Waals surface area contributed by atoms with Crippen LogP contribution >= 0.6 is 0 Å². The molecule has 0 aromatic heterocycles. The molecular formula is C17H27NO2. The minimum absolute atomic E-state index is 0.104. The molecule has 1 amide bonds. The third-order valence-electron chi connectivity index (χ3n) is 2.80. The summed E-state index contributed by atoms with van der Waals surface area (Å²) in [4.78, 5) is 11.9. The van der Waals surface area contributed by atoms with Gasteiger partial charge in [0.1, 0.15) is 5.60 Å². The van der Waals surface area contributed by atoms with Crippen molar-refractivity contribution in [1.82, 2.24) is 5.32 Å². The molecule has 1 aromatic rings. The Bertz CT molecular complexity index is 407. The van der Waals surface area contributed by atoms with Gasteiger partial charge in [-0.3, -0.25) is 0 Å². The highest BCUT2D eigenvalue weighted by molar-refractivity contribution is 5.68. The van der Waals surface area contributed by atoms with E-state index in [9.17, 15) is 4.79 Å². The second kappa shape index (κ2) is 7.32. The molecule has 112 valence electrons. The summed E-state index contributed by atoms with van der Waals surface area (Å²) in [6, 6.07) is 10.3. The van der Waals surface area contributed by atoms with Gasteiger partial charge in [0, 0.05) is 6.04 Å². The number of hydrogen-bond donors (Lipinski definition) is 1. The first-order valence-electron chi connectivity index (χ1n) is 7.29. The number of hydrogen-bond acceptors (Lipinski definition) is 2. The minimum atomic E-state index is -0.459. The van der Waals surface area contributed by atoms with Gasteiger partial charge in [0.05, 0.1) is 0 Å². The van der Waals surface area contributed by atoms with Crippen molar-refractivity contribution in [2.75, 3.05) is 0 Å². The molecule has 0 saturated heterocycles. The summed E-state index contributed by atoms with van der Waals surface area (Å²) in [6.07, 6.45) is 1.44. The van der Waals surface area contributed by atoms with Crippen molar-refractivity contribution >= 4 is 6.09 Å². The van der Waals surface area contributed by atoms with Crippen molar-refractivity contribution in [3.05, 3.63) is 35.9 Å². The number of amides is 1. The standard InChI is InChI=1S/C17H27NO2/c1-13(2)11-15(12-14-9-7-6-8-10-14)18-16(19)20-17(3,4)5/h6-10,13,15H,11-12H2,1-5H3,(H,18,19)/t15-/m0/s1. The average Bonchev–Trinajstić information content (AvgIpc) is 2.26. The fourth-order valence-electron chi connectivity index (χ4n) is 2.14. The van der Waals surface area contributed by atoms with Gasteiger partial charge in [-0.15, -0.1) is 0 Å². The summed E-state index contributed by atoms with van der Waals surface area (Å²) in [7, 11) is 0. The Kier molecular flexibility index (Phi) is 6.05. The minimum Gasteiger partial charge on any atom is -0.444 e. The first kappa shape index (κ1) is 16.5. The van der Waals surface area contributed by atoms with Gasteiger partial charge < -0.3 is 10.1 Å². The van der Waals surface area contributed by atoms with Crippen molar-refractivity contribution in [3.8, 4) is 0 Å². The smallest absolute Gasteiger partial charge is 0.407 e. The molecule has 0 heterocycles. The van der Waals surface area contributed by atoms with Crippen LogP contribution in [-0.4, -0.2) is 17.7 Å². The van der Waals surface area contributed by atoms with Crippen molar-refractivity contribution in [3.63, 3.8) is 0 Å². The van der Waals surface area contributed by atoms with Gasteiger partial charge in [0.2, 0.25) is 0 Å². The Morgan fingerprint density at radius 1 is 1.20 bits per heavy atom. The quantitative estimate of drug-likeness (QED) is 0.877. The van der Waals surface area contributed by atoms with Gasteiger partial charge in [-0.1, -0.05) is 44.2 Å². The molecule has 0 aliphatic heterocycles. The molecule has 0 bridgehead atoms. The van der Waals surface area contributed by atoms with E-state index >= 15 is 0 Å². The zero-order valence-corrected chi connectivity index (χ0v) is 13.3. The van der Waals surface area contributed by atoms with E-state index in [2.05, 4.69) is 31.3 Å². The first-order chi connectivity index (χ1) is 9.26. The Balaban J connectivity index is 2.63. The summed E-state index contributed by atoms with van der Waals surface area (Å²) < 4.78 is 5.34. The maximum Gasteiger partial charge on any atom is 0.407 e. The van der Waals surface area contributed by atoms with Crippen LogP contribution in [0.1, 0.15) is 46.6 Å². The Morgan fingerprint density at radius 2 is 1.80 bits per heavy atom. The van der Waals surface area contributed by atoms with Crippen LogP contribution in [-0.2, 0) is 11.2 Å². The van der Waals surface area contributed by atoms with Crippen molar-refractivity contribution < 1.29 is 9.53 Å². The maximum absolute atomic E-state index is 11.9. The maximum atomic E-state index is 11.9. The summed E-state index contributed by atoms with van der Waals surface area (Å²) in [5, 5.41) is 2.99. The Hall–Kier alpha value is -1.51. The number of alkyl carbamates (subject to hydrolysis) is 1. The molecule has 3 heteroatoms. The summed E-state index contributed by atoms with van der Waals surface area (Å²) >= 11 is 0. The second-order valence-electron chi connectivity index (χ2n) is 6.66. The van der Waals surface area contributed by atoms with E-state index in [0.29, 0.717) is 5.92 Å². The number of carbonyl (C=O) groups excluding carboxylic acids is 1. The molecule has 0 unspecified atom stereocenters. The number of ether oxygens (including phenoxy) is 1. The zero-order valence-electron chi connectivity index (χ0n) is 13.3. The summed E-state index contributed by atoms with van der Waals surface area (Å²) in [5.41, 5.74) is 0.772. The van der Waals surface area contributed by atoms with Crippen LogP contribution < -0.4 is 5.32 Å². The lowest BCUT2D eigenvalue weighted by molar-refractivity contribution is 0.0498. The van der Waals surface area contributed by atoms with Gasteiger partial charge in [-0.25, -0.2) is 4.79 Å². The summed E-state index contributed by atoms with van der Waals surface area (Å²) in [6.45, 7) is 9.95. The molecule has 1 aromatic carbocycles. The van der Waals surface area contributed by atoms with E-state index in [-0.39, 0.29) is 12.1 Å². The predicted octanol–water partition coefficient (Wildman–Crippen LogP) is 4.17. The molecule has 1 N–H and O–H groups in total. The van der Waals surface area contributed by atoms with Crippen molar-refractivity contribution in [2.24, 2.45) is 5.92 Å². The van der Waals surface area contributed by atoms with Crippen LogP contribution in [0.5, 0.6) is 0 Å². The van der Waals surface area contributed by atoms with Crippen LogP contribution in [0.25, 0.3) is 0 Å². The molecular weight excluding hydrogens is 250 g/mol. The van der Waals surface area contributed by atoms with E-state index in [0.717, 1.165) is 12.8 Å². The van der Waals surface area contributed by atoms with Crippen LogP contribution in [0.2, 0.25) is 0 Å². The Morgan fingerprint density at radius 3 is 2.30 bits per heavy atom. The molecule has 0 radical (unpaired) electrons. The molecule has 0 aliphatic carbocycles. The van der Waals surface area contributed by atoms with E-state index in [1.807, 2.05) is 39.0 Å². The Labute approximate surface area is 122 Å². The lowest BCUT2D eigenvalue weighted by Gasteiger charge is -2.24. The lowest BCUT2D eigenvalue weighted by Crippen LogP contribution is -2.40. The third kappa shape index (κ3) is 7.17. The number of nitrogens with one attached hydrogen (secondary N) is 1. The van der Waals surface area contributed by atoms with Crippen molar-refractivity contribution in [1.29, 1.82) is 0 Å². The van der Waals surface area contributed by atoms with Crippen LogP contribution in [0.4, 0.5) is 4.79 Å². The molecule has 0 aliphatic rings. The molecule has 1 rings (SSSR count). The highest BCUT2D eigenvalue weighted by atomic mass is 16.6. The molecule has 1 atom stereocenters. The number of rotatable bonds is 5. The van der Waals surface area contributed by atoms with Crippen LogP contribution in [0, 0.1) is 5.92 Å². The van der Waals surface area contributed by atoms with E-state index < -0.39 is 5.60 Å². The molecule has 20 heavy (non-hydrogen) atoms. The highest BCUT2D eigenvalue weighted by Gasteiger charge is 2.20. The fraction of sp³-hybridized carbons (Fsp3) is 0.588. The van der Waals surface area contributed by atoms with Crippen LogP contribution in [0.3, 0.4) is 0 Å². The normalized spacial score (nSPS) is 13.1. The zero-order chi connectivity index (χ0) is 15.2. The van der Waals surface area contributed by atoms with Gasteiger partial charge >= 0.3 is 6.09 Å². The van der Waals surface area contributed by atoms with E-state index in [1.54, 1.807) is 0 Å². The van der Waals surface area contributed by atoms with Crippen LogP contribution in [0.15, 0.2) is 30.3 Å². The SMILES string of the molecule is CC(C)C[C@@H](Cc1ccccc1)NC(=O)OC(C)(C)C. The lowest BCUT2D eigenvalue weighted by atomic mass is 9.97. The summed E-state index contributed by atoms with van der Waals surface area (Å²) in [5.74, 6) is 0.527. The fourth-order valence-corrected chi connectivity index (χ4v) is 2.14. The van der Waals surface area contributed by atoms with E-state index in [1.165, 1.54) is 5.56 Å². The topological polar surface area (TPSA) is 38.3 Å². The van der Waals surface area contributed by atoms with E-state index in [4.69, 9.17) is 4.74 Å². The molecule has 0 saturated carbocycles. The molecule has 0 fully saturated rings. The largest absolute Gasteiger partial charge is 0.444 e.